The van der Waals surface area contributed by atoms with Crippen molar-refractivity contribution in [1.29, 1.82) is 0 Å². The summed E-state index contributed by atoms with van der Waals surface area (Å²) < 4.78 is 89.8. The zero-order chi connectivity index (χ0) is 12.0. The highest BCUT2D eigenvalue weighted by molar-refractivity contribution is 14.1. The van der Waals surface area contributed by atoms with Crippen LogP contribution in [-0.2, 0) is 0 Å². The molecule has 0 heterocycles. The van der Waals surface area contributed by atoms with Gasteiger partial charge in [0.25, 0.3) is 0 Å². The van der Waals surface area contributed by atoms with Gasteiger partial charge in [0.05, 0.1) is 0 Å². The monoisotopic (exact) mass is 362 g/mol. The Morgan fingerprint density at radius 1 is 0.786 bits per heavy atom. The SMILES string of the molecule is FC(F)(F)C(F)(F)C(F)(I)C(F)(F)Cl. The van der Waals surface area contributed by atoms with Crippen LogP contribution in [0.1, 0.15) is 0 Å². The summed E-state index contributed by atoms with van der Waals surface area (Å²) in [4.78, 5) is 0. The predicted molar refractivity (Wildman–Crippen MR) is 39.7 cm³/mol. The average Bonchev–Trinajstić information content (AvgIpc) is 1.81. The molecule has 0 fully saturated rings. The molecule has 0 aromatic carbocycles. The van der Waals surface area contributed by atoms with Crippen molar-refractivity contribution < 1.29 is 35.1 Å². The lowest BCUT2D eigenvalue weighted by Gasteiger charge is -2.32. The molecule has 1 atom stereocenters. The molecule has 0 saturated carbocycles. The Kier molecular flexibility index (Phi) is 3.61. The summed E-state index contributed by atoms with van der Waals surface area (Å²) in [6.07, 6.45) is -6.44. The number of hydrogen-bond donors (Lipinski definition) is 0. The molecule has 0 rings (SSSR count). The van der Waals surface area contributed by atoms with E-state index in [9.17, 15) is 35.1 Å². The number of halogens is 10. The minimum atomic E-state index is -6.44. The van der Waals surface area contributed by atoms with Gasteiger partial charge in [-0.05, 0) is 34.2 Å². The van der Waals surface area contributed by atoms with E-state index >= 15 is 0 Å². The minimum Gasteiger partial charge on any atom is -0.217 e. The third-order valence-corrected chi connectivity index (χ3v) is 3.04. The lowest BCUT2D eigenvalue weighted by molar-refractivity contribution is -0.323. The van der Waals surface area contributed by atoms with Gasteiger partial charge >= 0.3 is 21.2 Å². The van der Waals surface area contributed by atoms with E-state index in [1.54, 1.807) is 0 Å². The van der Waals surface area contributed by atoms with Crippen molar-refractivity contribution in [2.75, 3.05) is 0 Å². The summed E-state index contributed by atoms with van der Waals surface area (Å²) in [6.45, 7) is 0. The molecule has 0 radical (unpaired) electrons. The highest BCUT2D eigenvalue weighted by Gasteiger charge is 2.79. The van der Waals surface area contributed by atoms with Crippen LogP contribution in [0.5, 0.6) is 0 Å². The van der Waals surface area contributed by atoms with Crippen LogP contribution in [0.3, 0.4) is 0 Å². The van der Waals surface area contributed by atoms with E-state index < -0.39 is 21.2 Å². The van der Waals surface area contributed by atoms with Crippen molar-refractivity contribution in [2.24, 2.45) is 0 Å². The van der Waals surface area contributed by atoms with Gasteiger partial charge in [-0.15, -0.1) is 0 Å². The largest absolute Gasteiger partial charge is 0.458 e. The Hall–Kier alpha value is 0.460. The van der Waals surface area contributed by atoms with Crippen molar-refractivity contribution in [3.05, 3.63) is 0 Å². The Balaban J connectivity index is 5.30. The lowest BCUT2D eigenvalue weighted by atomic mass is 10.2. The molecule has 0 amide bonds. The van der Waals surface area contributed by atoms with Gasteiger partial charge in [0.1, 0.15) is 0 Å². The maximum atomic E-state index is 12.5. The van der Waals surface area contributed by atoms with Crippen LogP contribution in [0, 0.1) is 0 Å². The molecule has 0 aliphatic rings. The van der Waals surface area contributed by atoms with E-state index in [0.29, 0.717) is 0 Å². The first-order chi connectivity index (χ1) is 5.75. The molecule has 0 aliphatic carbocycles. The van der Waals surface area contributed by atoms with Gasteiger partial charge in [0.2, 0.25) is 0 Å². The highest BCUT2D eigenvalue weighted by Crippen LogP contribution is 2.56. The summed E-state index contributed by atoms with van der Waals surface area (Å²) in [6, 6.07) is 0. The number of rotatable bonds is 2. The molecule has 0 spiro atoms. The van der Waals surface area contributed by atoms with Gasteiger partial charge in [-0.3, -0.25) is 0 Å². The van der Waals surface area contributed by atoms with Crippen LogP contribution < -0.4 is 0 Å². The fourth-order valence-corrected chi connectivity index (χ4v) is 0.780. The number of alkyl halides is 10. The van der Waals surface area contributed by atoms with Gasteiger partial charge in [-0.2, -0.15) is 30.7 Å². The topological polar surface area (TPSA) is 0 Å². The molecule has 0 aromatic heterocycles. The third kappa shape index (κ3) is 2.17. The normalized spacial score (nSPS) is 19.3. The Morgan fingerprint density at radius 2 is 1.07 bits per heavy atom. The van der Waals surface area contributed by atoms with Gasteiger partial charge < -0.3 is 0 Å². The maximum absolute atomic E-state index is 12.5. The van der Waals surface area contributed by atoms with Crippen LogP contribution in [0.15, 0.2) is 0 Å². The molecular weight excluding hydrogens is 362 g/mol. The lowest BCUT2D eigenvalue weighted by Crippen LogP contribution is -2.57. The smallest absolute Gasteiger partial charge is 0.217 e. The minimum absolute atomic E-state index is 0.368. The molecule has 0 saturated heterocycles. The van der Waals surface area contributed by atoms with Crippen LogP contribution in [0.2, 0.25) is 0 Å². The summed E-state index contributed by atoms with van der Waals surface area (Å²) in [5.74, 6) is -6.24. The first-order valence-electron chi connectivity index (χ1n) is 2.64. The Labute approximate surface area is 90.7 Å². The predicted octanol–water partition coefficient (Wildman–Crippen LogP) is 4.12. The fourth-order valence-electron chi connectivity index (χ4n) is 0.356. The average molecular weight is 362 g/mol. The second kappa shape index (κ2) is 3.49. The quantitative estimate of drug-likeness (QED) is 0.394. The van der Waals surface area contributed by atoms with E-state index in [1.165, 1.54) is 0 Å². The molecule has 0 bridgehead atoms. The van der Waals surface area contributed by atoms with Crippen molar-refractivity contribution >= 4 is 34.2 Å². The Bertz CT molecular complexity index is 190. The maximum Gasteiger partial charge on any atom is 0.458 e. The van der Waals surface area contributed by atoms with Crippen molar-refractivity contribution in [2.45, 2.75) is 21.2 Å². The summed E-state index contributed by atoms with van der Waals surface area (Å²) in [5.41, 5.74) is 0. The van der Waals surface area contributed by atoms with E-state index in [0.717, 1.165) is 0 Å². The molecule has 10 heteroatoms. The standard InChI is InChI=1S/C4ClF8I/c5-3(9,10)2(8,14)1(6,7)4(11,12)13. The third-order valence-electron chi connectivity index (χ3n) is 1.11. The second-order valence-electron chi connectivity index (χ2n) is 2.14. The first kappa shape index (κ1) is 14.5. The van der Waals surface area contributed by atoms with Gasteiger partial charge in [0, 0.05) is 0 Å². The van der Waals surface area contributed by atoms with Crippen molar-refractivity contribution in [1.82, 2.24) is 0 Å². The van der Waals surface area contributed by atoms with E-state index in [1.807, 2.05) is 0 Å². The molecule has 14 heavy (non-hydrogen) atoms. The van der Waals surface area contributed by atoms with Crippen LogP contribution >= 0.6 is 34.2 Å². The van der Waals surface area contributed by atoms with Crippen LogP contribution in [0.4, 0.5) is 35.1 Å². The van der Waals surface area contributed by atoms with E-state index in [4.69, 9.17) is 0 Å². The molecule has 0 aliphatic heterocycles. The van der Waals surface area contributed by atoms with E-state index in [2.05, 4.69) is 11.6 Å². The first-order valence-corrected chi connectivity index (χ1v) is 4.10. The van der Waals surface area contributed by atoms with Gasteiger partial charge in [-0.1, -0.05) is 0 Å². The van der Waals surface area contributed by atoms with Crippen molar-refractivity contribution in [3.63, 3.8) is 0 Å². The van der Waals surface area contributed by atoms with Gasteiger partial charge in [0.15, 0.2) is 0 Å². The molecule has 1 unspecified atom stereocenters. The van der Waals surface area contributed by atoms with Crippen LogP contribution in [0.25, 0.3) is 0 Å². The fraction of sp³-hybridized carbons (Fsp3) is 1.00. The number of hydrogen-bond acceptors (Lipinski definition) is 0. The molecule has 0 N–H and O–H groups in total. The molecule has 0 nitrogen and oxygen atoms in total. The summed E-state index contributed by atoms with van der Waals surface area (Å²) >= 11 is 3.45. The second-order valence-corrected chi connectivity index (χ2v) is 4.11. The molecule has 86 valence electrons. The van der Waals surface area contributed by atoms with E-state index in [-0.39, 0.29) is 22.6 Å². The molecule has 0 aromatic rings. The zero-order valence-electron chi connectivity index (χ0n) is 5.78. The Morgan fingerprint density at radius 3 is 1.14 bits per heavy atom. The summed E-state index contributed by atoms with van der Waals surface area (Å²) in [7, 11) is 0. The van der Waals surface area contributed by atoms with Crippen molar-refractivity contribution in [3.8, 4) is 0 Å². The molecular formula is C4ClF8I. The summed E-state index contributed by atoms with van der Waals surface area (Å²) in [5, 5.41) is -5.34. The highest BCUT2D eigenvalue weighted by atomic mass is 127. The van der Waals surface area contributed by atoms with Gasteiger partial charge in [-0.25, -0.2) is 4.39 Å². The van der Waals surface area contributed by atoms with Crippen LogP contribution in [-0.4, -0.2) is 21.2 Å². The zero-order valence-corrected chi connectivity index (χ0v) is 8.69.